The SMILES string of the molecule is CC(=O)N[C@@H](C(=O)Nc1ccc2cc(C(=O)N3CCN(C(=O)c4cccc(C)c4)CC3)ccc2c1)C(C)C. The zero-order chi connectivity index (χ0) is 27.4. The summed E-state index contributed by atoms with van der Waals surface area (Å²) in [7, 11) is 0. The van der Waals surface area contributed by atoms with E-state index in [1.165, 1.54) is 6.92 Å². The molecule has 1 atom stereocenters. The molecule has 0 saturated carbocycles. The van der Waals surface area contributed by atoms with Crippen LogP contribution in [0.5, 0.6) is 0 Å². The molecular formula is C30H34N4O4. The third kappa shape index (κ3) is 6.19. The highest BCUT2D eigenvalue weighted by Crippen LogP contribution is 2.23. The van der Waals surface area contributed by atoms with Crippen LogP contribution in [-0.4, -0.2) is 65.6 Å². The third-order valence-electron chi connectivity index (χ3n) is 6.78. The molecule has 0 unspecified atom stereocenters. The predicted molar refractivity (Wildman–Crippen MR) is 148 cm³/mol. The highest BCUT2D eigenvalue weighted by molar-refractivity contribution is 6.01. The smallest absolute Gasteiger partial charge is 0.253 e. The van der Waals surface area contributed by atoms with E-state index in [2.05, 4.69) is 10.6 Å². The first-order valence-corrected chi connectivity index (χ1v) is 12.9. The second-order valence-electron chi connectivity index (χ2n) is 10.1. The van der Waals surface area contributed by atoms with Gasteiger partial charge in [-0.3, -0.25) is 19.2 Å². The fraction of sp³-hybridized carbons (Fsp3) is 0.333. The average molecular weight is 515 g/mol. The number of hydrogen-bond donors (Lipinski definition) is 2. The van der Waals surface area contributed by atoms with Crippen molar-refractivity contribution in [3.05, 3.63) is 77.4 Å². The molecular weight excluding hydrogens is 480 g/mol. The number of carbonyl (C=O) groups is 4. The molecule has 0 aromatic heterocycles. The highest BCUT2D eigenvalue weighted by Gasteiger charge is 2.26. The lowest BCUT2D eigenvalue weighted by Crippen LogP contribution is -2.50. The lowest BCUT2D eigenvalue weighted by atomic mass is 10.0. The number of amides is 4. The monoisotopic (exact) mass is 514 g/mol. The van der Waals surface area contributed by atoms with Crippen LogP contribution in [0.2, 0.25) is 0 Å². The third-order valence-corrected chi connectivity index (χ3v) is 6.78. The number of hydrogen-bond acceptors (Lipinski definition) is 4. The number of benzene rings is 3. The van der Waals surface area contributed by atoms with Gasteiger partial charge in [0.25, 0.3) is 11.8 Å². The van der Waals surface area contributed by atoms with Crippen molar-refractivity contribution in [2.45, 2.75) is 33.7 Å². The topological polar surface area (TPSA) is 98.8 Å². The number of carbonyl (C=O) groups excluding carboxylic acids is 4. The Bertz CT molecular complexity index is 1380. The zero-order valence-corrected chi connectivity index (χ0v) is 22.3. The first kappa shape index (κ1) is 26.9. The lowest BCUT2D eigenvalue weighted by molar-refractivity contribution is -0.126. The van der Waals surface area contributed by atoms with Gasteiger partial charge in [-0.2, -0.15) is 0 Å². The van der Waals surface area contributed by atoms with Crippen LogP contribution in [0.4, 0.5) is 5.69 Å². The van der Waals surface area contributed by atoms with Crippen molar-refractivity contribution < 1.29 is 19.2 Å². The number of aryl methyl sites for hydroxylation is 1. The Morgan fingerprint density at radius 2 is 1.34 bits per heavy atom. The minimum absolute atomic E-state index is 0.00816. The molecule has 8 heteroatoms. The largest absolute Gasteiger partial charge is 0.344 e. The molecule has 2 N–H and O–H groups in total. The molecule has 1 saturated heterocycles. The summed E-state index contributed by atoms with van der Waals surface area (Å²) in [4.78, 5) is 53.8. The number of fused-ring (bicyclic) bond motifs is 1. The van der Waals surface area contributed by atoms with E-state index < -0.39 is 6.04 Å². The van der Waals surface area contributed by atoms with Crippen molar-refractivity contribution in [1.29, 1.82) is 0 Å². The van der Waals surface area contributed by atoms with E-state index in [1.807, 2.05) is 69.3 Å². The summed E-state index contributed by atoms with van der Waals surface area (Å²) in [5.41, 5.74) is 2.91. The summed E-state index contributed by atoms with van der Waals surface area (Å²) < 4.78 is 0. The number of nitrogens with one attached hydrogen (secondary N) is 2. The van der Waals surface area contributed by atoms with Gasteiger partial charge in [-0.1, -0.05) is 43.7 Å². The summed E-state index contributed by atoms with van der Waals surface area (Å²) in [6.07, 6.45) is 0. The molecule has 4 amide bonds. The maximum absolute atomic E-state index is 13.2. The van der Waals surface area contributed by atoms with Gasteiger partial charge in [-0.15, -0.1) is 0 Å². The average Bonchev–Trinajstić information content (AvgIpc) is 2.90. The van der Waals surface area contributed by atoms with Crippen molar-refractivity contribution in [3.63, 3.8) is 0 Å². The molecule has 3 aromatic carbocycles. The molecule has 0 spiro atoms. The van der Waals surface area contributed by atoms with E-state index in [-0.39, 0.29) is 29.5 Å². The quantitative estimate of drug-likeness (QED) is 0.522. The molecule has 8 nitrogen and oxygen atoms in total. The first-order chi connectivity index (χ1) is 18.1. The predicted octanol–water partition coefficient (Wildman–Crippen LogP) is 3.85. The van der Waals surface area contributed by atoms with Crippen molar-refractivity contribution in [3.8, 4) is 0 Å². The summed E-state index contributed by atoms with van der Waals surface area (Å²) in [6.45, 7) is 9.04. The van der Waals surface area contributed by atoms with Crippen LogP contribution < -0.4 is 10.6 Å². The zero-order valence-electron chi connectivity index (χ0n) is 22.3. The summed E-state index contributed by atoms with van der Waals surface area (Å²) in [5.74, 6) is -0.668. The van der Waals surface area contributed by atoms with Crippen molar-refractivity contribution in [1.82, 2.24) is 15.1 Å². The van der Waals surface area contributed by atoms with E-state index in [0.29, 0.717) is 43.0 Å². The molecule has 1 fully saturated rings. The second kappa shape index (κ2) is 11.5. The molecule has 1 heterocycles. The molecule has 38 heavy (non-hydrogen) atoms. The van der Waals surface area contributed by atoms with Gasteiger partial charge in [0.05, 0.1) is 0 Å². The minimum atomic E-state index is -0.629. The van der Waals surface area contributed by atoms with Gasteiger partial charge in [0.2, 0.25) is 11.8 Å². The standard InChI is InChI=1S/C30H34N4O4/c1-19(2)27(31-21(4)35)28(36)32-26-11-10-22-17-25(9-8-23(22)18-26)30(38)34-14-12-33(13-15-34)29(37)24-7-5-6-20(3)16-24/h5-11,16-19,27H,12-15H2,1-4H3,(H,31,35)(H,32,36)/t27-/m1/s1. The van der Waals surface area contributed by atoms with Gasteiger partial charge in [0.1, 0.15) is 6.04 Å². The first-order valence-electron chi connectivity index (χ1n) is 12.9. The van der Waals surface area contributed by atoms with E-state index in [1.54, 1.807) is 21.9 Å². The number of piperazine rings is 1. The van der Waals surface area contributed by atoms with Crippen LogP contribution in [-0.2, 0) is 9.59 Å². The van der Waals surface area contributed by atoms with Gasteiger partial charge in [-0.05, 0) is 60.0 Å². The van der Waals surface area contributed by atoms with E-state index in [0.717, 1.165) is 16.3 Å². The summed E-state index contributed by atoms with van der Waals surface area (Å²) >= 11 is 0. The van der Waals surface area contributed by atoms with E-state index >= 15 is 0 Å². The van der Waals surface area contributed by atoms with Crippen LogP contribution in [0.25, 0.3) is 10.8 Å². The van der Waals surface area contributed by atoms with Crippen molar-refractivity contribution in [2.24, 2.45) is 5.92 Å². The molecule has 0 bridgehead atoms. The van der Waals surface area contributed by atoms with Crippen molar-refractivity contribution >= 4 is 40.1 Å². The molecule has 0 radical (unpaired) electrons. The Kier molecular flexibility index (Phi) is 8.10. The molecule has 3 aromatic rings. The van der Waals surface area contributed by atoms with E-state index in [9.17, 15) is 19.2 Å². The molecule has 1 aliphatic heterocycles. The minimum Gasteiger partial charge on any atom is -0.344 e. The van der Waals surface area contributed by atoms with Gasteiger partial charge in [0, 0.05) is 49.9 Å². The Labute approximate surface area is 223 Å². The molecule has 4 rings (SSSR count). The van der Waals surface area contributed by atoms with Crippen molar-refractivity contribution in [2.75, 3.05) is 31.5 Å². The van der Waals surface area contributed by atoms with Gasteiger partial charge >= 0.3 is 0 Å². The Balaban J connectivity index is 1.40. The van der Waals surface area contributed by atoms with Crippen LogP contribution in [0.3, 0.4) is 0 Å². The maximum atomic E-state index is 13.2. The normalized spacial score (nSPS) is 14.3. The molecule has 0 aliphatic carbocycles. The lowest BCUT2D eigenvalue weighted by Gasteiger charge is -2.35. The Morgan fingerprint density at radius 1 is 0.763 bits per heavy atom. The Hall–Kier alpha value is -4.20. The van der Waals surface area contributed by atoms with Gasteiger partial charge < -0.3 is 20.4 Å². The van der Waals surface area contributed by atoms with Crippen LogP contribution in [0.1, 0.15) is 47.1 Å². The highest BCUT2D eigenvalue weighted by atomic mass is 16.2. The van der Waals surface area contributed by atoms with E-state index in [4.69, 9.17) is 0 Å². The van der Waals surface area contributed by atoms with Crippen LogP contribution >= 0.6 is 0 Å². The number of rotatable bonds is 6. The Morgan fingerprint density at radius 3 is 1.92 bits per heavy atom. The number of anilines is 1. The van der Waals surface area contributed by atoms with Crippen LogP contribution in [0.15, 0.2) is 60.7 Å². The van der Waals surface area contributed by atoms with Gasteiger partial charge in [0.15, 0.2) is 0 Å². The van der Waals surface area contributed by atoms with Gasteiger partial charge in [-0.25, -0.2) is 0 Å². The van der Waals surface area contributed by atoms with Crippen LogP contribution in [0, 0.1) is 12.8 Å². The molecule has 198 valence electrons. The summed E-state index contributed by atoms with van der Waals surface area (Å²) in [6, 6.07) is 17.9. The number of nitrogens with zero attached hydrogens (tertiary/aromatic N) is 2. The summed E-state index contributed by atoms with van der Waals surface area (Å²) in [5, 5.41) is 7.33. The maximum Gasteiger partial charge on any atom is 0.253 e. The fourth-order valence-electron chi connectivity index (χ4n) is 4.69. The second-order valence-corrected chi connectivity index (χ2v) is 10.1. The molecule has 1 aliphatic rings. The fourth-order valence-corrected chi connectivity index (χ4v) is 4.69.